The molecule has 0 saturated carbocycles. The summed E-state index contributed by atoms with van der Waals surface area (Å²) in [7, 11) is 1.48. The molecule has 3 amide bonds. The summed E-state index contributed by atoms with van der Waals surface area (Å²) in [6.45, 7) is 5.45. The van der Waals surface area contributed by atoms with Crippen LogP contribution in [0.2, 0.25) is 0 Å². The van der Waals surface area contributed by atoms with Crippen LogP contribution < -0.4 is 25.5 Å². The van der Waals surface area contributed by atoms with Crippen molar-refractivity contribution >= 4 is 57.9 Å². The van der Waals surface area contributed by atoms with Gasteiger partial charge in [-0.05, 0) is 84.3 Å². The average molecular weight is 614 g/mol. The number of amides is 3. The lowest BCUT2D eigenvalue weighted by Crippen LogP contribution is -2.32. The Morgan fingerprint density at radius 2 is 1.62 bits per heavy atom. The number of halogens is 1. The lowest BCUT2D eigenvalue weighted by atomic mass is 10.1. The van der Waals surface area contributed by atoms with Crippen molar-refractivity contribution in [3.05, 3.63) is 80.4 Å². The Bertz CT molecular complexity index is 1320. The summed E-state index contributed by atoms with van der Waals surface area (Å²) in [5.74, 6) is -1.25. The molecule has 0 atom stereocenters. The number of benzene rings is 3. The largest absolute Gasteiger partial charge is 0.493 e. The van der Waals surface area contributed by atoms with Crippen LogP contribution in [0.15, 0.2) is 59.7 Å². The van der Waals surface area contributed by atoms with Crippen LogP contribution in [-0.4, -0.2) is 37.7 Å². The average Bonchev–Trinajstić information content (AvgIpc) is 2.86. The molecule has 3 N–H and O–H groups in total. The van der Waals surface area contributed by atoms with E-state index in [-0.39, 0.29) is 12.5 Å². The van der Waals surface area contributed by atoms with Crippen LogP contribution in [0.1, 0.15) is 22.3 Å². The number of methoxy groups -OCH3 is 1. The van der Waals surface area contributed by atoms with Gasteiger partial charge in [0.25, 0.3) is 5.91 Å². The van der Waals surface area contributed by atoms with Crippen LogP contribution in [0.3, 0.4) is 0 Å². The number of hydrogen-bond acceptors (Lipinski definition) is 6. The van der Waals surface area contributed by atoms with E-state index in [0.29, 0.717) is 32.0 Å². The molecule has 0 spiro atoms. The van der Waals surface area contributed by atoms with Gasteiger partial charge in [-0.3, -0.25) is 14.4 Å². The molecule has 192 valence electrons. The van der Waals surface area contributed by atoms with Gasteiger partial charge < -0.3 is 20.1 Å². The number of anilines is 2. The minimum Gasteiger partial charge on any atom is -0.493 e. The molecule has 0 aromatic heterocycles. The maximum atomic E-state index is 12.3. The first kappa shape index (κ1) is 27.7. The number of carbonyl (C=O) groups is 3. The van der Waals surface area contributed by atoms with Gasteiger partial charge >= 0.3 is 11.8 Å². The van der Waals surface area contributed by atoms with E-state index in [1.54, 1.807) is 12.1 Å². The molecule has 3 rings (SSSR count). The van der Waals surface area contributed by atoms with Gasteiger partial charge in [0.15, 0.2) is 18.1 Å². The van der Waals surface area contributed by atoms with E-state index >= 15 is 0 Å². The maximum Gasteiger partial charge on any atom is 0.329 e. The topological polar surface area (TPSA) is 118 Å². The molecular weight excluding hydrogens is 587 g/mol. The van der Waals surface area contributed by atoms with Crippen molar-refractivity contribution in [1.82, 2.24) is 5.43 Å². The summed E-state index contributed by atoms with van der Waals surface area (Å²) >= 11 is 2.05. The summed E-state index contributed by atoms with van der Waals surface area (Å²) in [6.07, 6.45) is 1.38. The van der Waals surface area contributed by atoms with E-state index in [2.05, 4.69) is 43.8 Å². The molecule has 10 heteroatoms. The van der Waals surface area contributed by atoms with Crippen molar-refractivity contribution in [2.75, 3.05) is 24.4 Å². The molecule has 9 nitrogen and oxygen atoms in total. The fourth-order valence-electron chi connectivity index (χ4n) is 3.32. The van der Waals surface area contributed by atoms with E-state index in [4.69, 9.17) is 9.47 Å². The van der Waals surface area contributed by atoms with Crippen LogP contribution in [0.25, 0.3) is 0 Å². The molecule has 0 heterocycles. The van der Waals surface area contributed by atoms with Crippen LogP contribution in [0.4, 0.5) is 11.4 Å². The molecule has 37 heavy (non-hydrogen) atoms. The highest BCUT2D eigenvalue weighted by molar-refractivity contribution is 14.1. The number of nitrogens with zero attached hydrogens (tertiary/aromatic N) is 1. The molecule has 3 aromatic carbocycles. The first-order valence-corrected chi connectivity index (χ1v) is 12.3. The first-order valence-electron chi connectivity index (χ1n) is 11.3. The number of hydrogen-bond donors (Lipinski definition) is 3. The number of nitrogens with one attached hydrogen (secondary N) is 3. The van der Waals surface area contributed by atoms with Gasteiger partial charge in [0.05, 0.1) is 16.9 Å². The van der Waals surface area contributed by atoms with Gasteiger partial charge in [-0.15, -0.1) is 0 Å². The Hall–Kier alpha value is -3.93. The van der Waals surface area contributed by atoms with E-state index in [0.717, 1.165) is 16.7 Å². The van der Waals surface area contributed by atoms with Crippen LogP contribution in [0.5, 0.6) is 11.5 Å². The van der Waals surface area contributed by atoms with Crippen molar-refractivity contribution in [3.63, 3.8) is 0 Å². The quantitative estimate of drug-likeness (QED) is 0.151. The van der Waals surface area contributed by atoms with Gasteiger partial charge in [0, 0.05) is 11.4 Å². The Morgan fingerprint density at radius 3 is 2.27 bits per heavy atom. The SMILES string of the molecule is COc1cc(/C=N\NC(=O)C(=O)Nc2c(C)cccc2C)cc(I)c1OCC(=O)Nc1ccc(C)cc1. The predicted octanol–water partition coefficient (Wildman–Crippen LogP) is 4.33. The summed E-state index contributed by atoms with van der Waals surface area (Å²) in [5.41, 5.74) is 6.87. The van der Waals surface area contributed by atoms with Gasteiger partial charge in [-0.1, -0.05) is 35.9 Å². The second-order valence-electron chi connectivity index (χ2n) is 8.16. The summed E-state index contributed by atoms with van der Waals surface area (Å²) in [5, 5.41) is 9.26. The number of ether oxygens (including phenoxy) is 2. The van der Waals surface area contributed by atoms with Crippen LogP contribution in [0, 0.1) is 24.3 Å². The summed E-state index contributed by atoms with van der Waals surface area (Å²) in [6, 6.07) is 16.4. The highest BCUT2D eigenvalue weighted by atomic mass is 127. The third kappa shape index (κ3) is 7.78. The predicted molar refractivity (Wildman–Crippen MR) is 151 cm³/mol. The molecule has 0 saturated heterocycles. The summed E-state index contributed by atoms with van der Waals surface area (Å²) in [4.78, 5) is 36.7. The van der Waals surface area contributed by atoms with Gasteiger partial charge in [0.2, 0.25) is 0 Å². The monoisotopic (exact) mass is 614 g/mol. The number of aryl methyl sites for hydroxylation is 3. The van der Waals surface area contributed by atoms with Crippen LogP contribution in [-0.2, 0) is 14.4 Å². The molecule has 0 aliphatic heterocycles. The Kier molecular flexibility index (Phi) is 9.61. The fraction of sp³-hybridized carbons (Fsp3) is 0.185. The first-order chi connectivity index (χ1) is 17.7. The number of para-hydroxylation sites is 1. The third-order valence-corrected chi connectivity index (χ3v) is 6.04. The molecule has 3 aromatic rings. The zero-order chi connectivity index (χ0) is 26.9. The minimum atomic E-state index is -0.903. The number of rotatable bonds is 8. The molecule has 0 bridgehead atoms. The van der Waals surface area contributed by atoms with Gasteiger partial charge in [-0.25, -0.2) is 5.43 Å². The van der Waals surface area contributed by atoms with Crippen molar-refractivity contribution in [1.29, 1.82) is 0 Å². The third-order valence-electron chi connectivity index (χ3n) is 5.24. The Labute approximate surface area is 228 Å². The molecule has 0 radical (unpaired) electrons. The van der Waals surface area contributed by atoms with Gasteiger partial charge in [0.1, 0.15) is 0 Å². The van der Waals surface area contributed by atoms with Gasteiger partial charge in [-0.2, -0.15) is 5.10 Å². The highest BCUT2D eigenvalue weighted by Crippen LogP contribution is 2.33. The minimum absolute atomic E-state index is 0.209. The maximum absolute atomic E-state index is 12.3. The van der Waals surface area contributed by atoms with Crippen molar-refractivity contribution in [3.8, 4) is 11.5 Å². The Morgan fingerprint density at radius 1 is 0.946 bits per heavy atom. The van der Waals surface area contributed by atoms with E-state index < -0.39 is 11.8 Å². The van der Waals surface area contributed by atoms with Crippen molar-refractivity contribution < 1.29 is 23.9 Å². The normalized spacial score (nSPS) is 10.6. The lowest BCUT2D eigenvalue weighted by Gasteiger charge is -2.13. The molecular formula is C27H27IN4O5. The molecule has 0 unspecified atom stereocenters. The van der Waals surface area contributed by atoms with Crippen LogP contribution >= 0.6 is 22.6 Å². The standard InChI is InChI=1S/C27H27IN4O5/c1-16-8-10-20(11-9-16)30-23(33)15-37-25-21(28)12-19(13-22(25)36-4)14-29-32-27(35)26(34)31-24-17(2)6-5-7-18(24)3/h5-14H,15H2,1-4H3,(H,30,33)(H,31,34)(H,32,35)/b29-14-. The van der Waals surface area contributed by atoms with Crippen molar-refractivity contribution in [2.45, 2.75) is 20.8 Å². The molecule has 0 aliphatic rings. The zero-order valence-corrected chi connectivity index (χ0v) is 23.0. The Balaban J connectivity index is 1.59. The second kappa shape index (κ2) is 12.9. The molecule has 0 aliphatic carbocycles. The smallest absolute Gasteiger partial charge is 0.329 e. The second-order valence-corrected chi connectivity index (χ2v) is 9.32. The lowest BCUT2D eigenvalue weighted by molar-refractivity contribution is -0.136. The fourth-order valence-corrected chi connectivity index (χ4v) is 4.11. The summed E-state index contributed by atoms with van der Waals surface area (Å²) < 4.78 is 11.8. The van der Waals surface area contributed by atoms with Crippen molar-refractivity contribution in [2.24, 2.45) is 5.10 Å². The zero-order valence-electron chi connectivity index (χ0n) is 20.8. The van der Waals surface area contributed by atoms with E-state index in [1.807, 2.05) is 63.2 Å². The number of hydrazone groups is 1. The highest BCUT2D eigenvalue weighted by Gasteiger charge is 2.16. The van der Waals surface area contributed by atoms with E-state index in [1.165, 1.54) is 13.3 Å². The molecule has 0 fully saturated rings. The number of carbonyl (C=O) groups excluding carboxylic acids is 3. The van der Waals surface area contributed by atoms with E-state index in [9.17, 15) is 14.4 Å².